The second kappa shape index (κ2) is 4.80. The minimum Gasteiger partial charge on any atom is -0.229 e. The van der Waals surface area contributed by atoms with Crippen LogP contribution >= 0.6 is 0 Å². The lowest BCUT2D eigenvalue weighted by atomic mass is 10.1. The molecule has 1 fully saturated rings. The van der Waals surface area contributed by atoms with Crippen molar-refractivity contribution in [1.82, 2.24) is 0 Å². The van der Waals surface area contributed by atoms with Crippen LogP contribution in [0.1, 0.15) is 38.5 Å². The second-order valence-electron chi connectivity index (χ2n) is 3.70. The van der Waals surface area contributed by atoms with Gasteiger partial charge in [0.25, 0.3) is 0 Å². The largest absolute Gasteiger partial charge is 0.229 e. The first kappa shape index (κ1) is 10.8. The molecule has 13 heavy (non-hydrogen) atoms. The van der Waals surface area contributed by atoms with Crippen LogP contribution in [0.5, 0.6) is 0 Å². The zero-order chi connectivity index (χ0) is 9.73. The van der Waals surface area contributed by atoms with Crippen molar-refractivity contribution in [2.45, 2.75) is 43.8 Å². The summed E-state index contributed by atoms with van der Waals surface area (Å²) in [7, 11) is -2.70. The Balaban J connectivity index is 2.25. The van der Waals surface area contributed by atoms with E-state index < -0.39 is 9.84 Å². The number of unbranched alkanes of at least 4 members (excludes halogenated alkanes) is 2. The second-order valence-corrected chi connectivity index (χ2v) is 6.10. The molecule has 0 aromatic heterocycles. The molecule has 0 aliphatic carbocycles. The maximum Gasteiger partial charge on any atom is 0.153 e. The van der Waals surface area contributed by atoms with Gasteiger partial charge in [-0.05, 0) is 32.1 Å². The van der Waals surface area contributed by atoms with E-state index in [1.807, 2.05) is 6.08 Å². The third-order valence-corrected chi connectivity index (χ3v) is 4.99. The Morgan fingerprint density at radius 1 is 1.38 bits per heavy atom. The molecule has 1 atom stereocenters. The Hall–Kier alpha value is -0.310. The van der Waals surface area contributed by atoms with Crippen molar-refractivity contribution >= 4 is 9.84 Å². The highest BCUT2D eigenvalue weighted by Crippen LogP contribution is 2.24. The predicted molar refractivity (Wildman–Crippen MR) is 55.5 cm³/mol. The van der Waals surface area contributed by atoms with E-state index in [1.54, 1.807) is 0 Å². The lowest BCUT2D eigenvalue weighted by Gasteiger charge is -2.07. The summed E-state index contributed by atoms with van der Waals surface area (Å²) in [5.41, 5.74) is 0. The summed E-state index contributed by atoms with van der Waals surface area (Å²) >= 11 is 0. The van der Waals surface area contributed by atoms with Crippen molar-refractivity contribution in [3.05, 3.63) is 12.7 Å². The number of hydrogen-bond donors (Lipinski definition) is 0. The number of allylic oxidation sites excluding steroid dienone is 1. The molecule has 0 amide bonds. The Bertz CT molecular complexity index is 254. The van der Waals surface area contributed by atoms with Crippen LogP contribution in [0.2, 0.25) is 0 Å². The number of hydrogen-bond acceptors (Lipinski definition) is 2. The van der Waals surface area contributed by atoms with Gasteiger partial charge >= 0.3 is 0 Å². The zero-order valence-corrected chi connectivity index (χ0v) is 8.85. The van der Waals surface area contributed by atoms with Crippen molar-refractivity contribution in [2.24, 2.45) is 0 Å². The minimum absolute atomic E-state index is 0.0303. The first-order chi connectivity index (χ1) is 6.17. The van der Waals surface area contributed by atoms with Gasteiger partial charge in [0.05, 0.1) is 11.0 Å². The summed E-state index contributed by atoms with van der Waals surface area (Å²) in [6.07, 6.45) is 7.61. The maximum atomic E-state index is 11.4. The van der Waals surface area contributed by atoms with Crippen LogP contribution in [0.15, 0.2) is 12.7 Å². The average molecular weight is 202 g/mol. The first-order valence-corrected chi connectivity index (χ1v) is 6.71. The Morgan fingerprint density at radius 3 is 2.69 bits per heavy atom. The van der Waals surface area contributed by atoms with E-state index in [1.165, 1.54) is 0 Å². The van der Waals surface area contributed by atoms with Gasteiger partial charge in [0.2, 0.25) is 0 Å². The molecule has 0 aromatic rings. The lowest BCUT2D eigenvalue weighted by molar-refractivity contribution is 0.571. The molecule has 1 heterocycles. The standard InChI is InChI=1S/C10H18O2S/c1-2-3-4-5-7-10-8-6-9-13(10,11)12/h2,10H,1,3-9H2. The van der Waals surface area contributed by atoms with E-state index in [0.29, 0.717) is 5.75 Å². The number of sulfone groups is 1. The average Bonchev–Trinajstić information content (AvgIpc) is 2.40. The molecule has 76 valence electrons. The lowest BCUT2D eigenvalue weighted by Crippen LogP contribution is -2.15. The van der Waals surface area contributed by atoms with E-state index in [0.717, 1.165) is 38.5 Å². The normalized spacial score (nSPS) is 26.0. The minimum atomic E-state index is -2.70. The molecule has 2 nitrogen and oxygen atoms in total. The summed E-state index contributed by atoms with van der Waals surface area (Å²) in [6.45, 7) is 3.64. The molecule has 0 aromatic carbocycles. The van der Waals surface area contributed by atoms with Crippen molar-refractivity contribution in [1.29, 1.82) is 0 Å². The fraction of sp³-hybridized carbons (Fsp3) is 0.800. The molecule has 0 spiro atoms. The van der Waals surface area contributed by atoms with Gasteiger partial charge in [-0.2, -0.15) is 0 Å². The topological polar surface area (TPSA) is 34.1 Å². The summed E-state index contributed by atoms with van der Waals surface area (Å²) in [6, 6.07) is 0. The van der Waals surface area contributed by atoms with Crippen LogP contribution in [0.4, 0.5) is 0 Å². The third-order valence-electron chi connectivity index (χ3n) is 2.65. The van der Waals surface area contributed by atoms with Crippen LogP contribution in [0.3, 0.4) is 0 Å². The van der Waals surface area contributed by atoms with Crippen LogP contribution in [-0.4, -0.2) is 19.4 Å². The summed E-state index contributed by atoms with van der Waals surface area (Å²) in [4.78, 5) is 0. The molecule has 3 heteroatoms. The Kier molecular flexibility index (Phi) is 3.97. The zero-order valence-electron chi connectivity index (χ0n) is 8.04. The molecule has 1 rings (SSSR count). The fourth-order valence-electron chi connectivity index (χ4n) is 1.84. The van der Waals surface area contributed by atoms with Crippen molar-refractivity contribution < 1.29 is 8.42 Å². The monoisotopic (exact) mass is 202 g/mol. The highest BCUT2D eigenvalue weighted by Gasteiger charge is 2.30. The molecule has 0 N–H and O–H groups in total. The SMILES string of the molecule is C=CCCCCC1CCCS1(=O)=O. The molecule has 1 aliphatic heterocycles. The summed E-state index contributed by atoms with van der Waals surface area (Å²) in [5, 5.41) is -0.0303. The molecule has 1 aliphatic rings. The van der Waals surface area contributed by atoms with Crippen LogP contribution in [0, 0.1) is 0 Å². The molecule has 1 saturated heterocycles. The highest BCUT2D eigenvalue weighted by atomic mass is 32.2. The Morgan fingerprint density at radius 2 is 2.15 bits per heavy atom. The van der Waals surface area contributed by atoms with Crippen molar-refractivity contribution in [3.63, 3.8) is 0 Å². The first-order valence-electron chi connectivity index (χ1n) is 4.99. The van der Waals surface area contributed by atoms with E-state index in [4.69, 9.17) is 0 Å². The number of rotatable bonds is 5. The van der Waals surface area contributed by atoms with Gasteiger partial charge in [0.1, 0.15) is 0 Å². The summed E-state index contributed by atoms with van der Waals surface area (Å²) < 4.78 is 22.8. The quantitative estimate of drug-likeness (QED) is 0.506. The van der Waals surface area contributed by atoms with E-state index in [2.05, 4.69) is 6.58 Å². The van der Waals surface area contributed by atoms with Crippen LogP contribution < -0.4 is 0 Å². The van der Waals surface area contributed by atoms with Crippen LogP contribution in [0.25, 0.3) is 0 Å². The van der Waals surface area contributed by atoms with Crippen molar-refractivity contribution in [3.8, 4) is 0 Å². The fourth-order valence-corrected chi connectivity index (χ4v) is 3.80. The summed E-state index contributed by atoms with van der Waals surface area (Å²) in [5.74, 6) is 0.416. The third kappa shape index (κ3) is 3.14. The highest BCUT2D eigenvalue weighted by molar-refractivity contribution is 7.92. The van der Waals surface area contributed by atoms with Gasteiger partial charge < -0.3 is 0 Å². The molecule has 0 bridgehead atoms. The van der Waals surface area contributed by atoms with E-state index in [-0.39, 0.29) is 5.25 Å². The van der Waals surface area contributed by atoms with Gasteiger partial charge in [-0.15, -0.1) is 6.58 Å². The van der Waals surface area contributed by atoms with Crippen molar-refractivity contribution in [2.75, 3.05) is 5.75 Å². The van der Waals surface area contributed by atoms with E-state index in [9.17, 15) is 8.42 Å². The van der Waals surface area contributed by atoms with Crippen LogP contribution in [-0.2, 0) is 9.84 Å². The Labute approximate surface area is 81.0 Å². The van der Waals surface area contributed by atoms with Gasteiger partial charge in [-0.1, -0.05) is 12.5 Å². The smallest absolute Gasteiger partial charge is 0.153 e. The van der Waals surface area contributed by atoms with Gasteiger partial charge in [-0.25, -0.2) is 8.42 Å². The molecular weight excluding hydrogens is 184 g/mol. The van der Waals surface area contributed by atoms with Gasteiger partial charge in [-0.3, -0.25) is 0 Å². The molecule has 0 saturated carbocycles. The predicted octanol–water partition coefficient (Wildman–Crippen LogP) is 2.31. The maximum absolute atomic E-state index is 11.4. The van der Waals surface area contributed by atoms with Gasteiger partial charge in [0.15, 0.2) is 9.84 Å². The molecule has 1 unspecified atom stereocenters. The molecule has 0 radical (unpaired) electrons. The molecular formula is C10H18O2S. The van der Waals surface area contributed by atoms with Gasteiger partial charge in [0, 0.05) is 0 Å². The van der Waals surface area contributed by atoms with E-state index >= 15 is 0 Å².